The molecule has 1 aliphatic rings. The van der Waals surface area contributed by atoms with Crippen molar-refractivity contribution < 1.29 is 18.0 Å². The average Bonchev–Trinajstić information content (AvgIpc) is 2.90. The highest BCUT2D eigenvalue weighted by Crippen LogP contribution is 2.35. The van der Waals surface area contributed by atoms with Crippen molar-refractivity contribution in [3.63, 3.8) is 0 Å². The number of halogens is 3. The van der Waals surface area contributed by atoms with E-state index in [1.807, 2.05) is 24.8 Å². The van der Waals surface area contributed by atoms with Gasteiger partial charge in [0.2, 0.25) is 5.91 Å². The van der Waals surface area contributed by atoms with Gasteiger partial charge in [-0.05, 0) is 39.4 Å². The maximum atomic E-state index is 12.2. The Bertz CT molecular complexity index is 574. The standard InChI is InChI=1S/C16H26F3N5O/c1-22(10-14(25)20-11-16(17,18)19)8-12-5-4-6-23(2)15(12)13-7-21-24(3)9-13/h7,9,12,15H,4-6,8,10-11H2,1-3H3,(H,20,25)/t12-,15+/m0/s1. The first-order chi connectivity index (χ1) is 11.7. The normalized spacial score (nSPS) is 22.4. The number of amides is 1. The molecule has 2 heterocycles. The number of nitrogens with zero attached hydrogens (tertiary/aromatic N) is 4. The van der Waals surface area contributed by atoms with Gasteiger partial charge in [0.05, 0.1) is 12.7 Å². The Labute approximate surface area is 146 Å². The second-order valence-electron chi connectivity index (χ2n) is 6.86. The highest BCUT2D eigenvalue weighted by Gasteiger charge is 2.32. The smallest absolute Gasteiger partial charge is 0.346 e. The number of hydrogen-bond acceptors (Lipinski definition) is 4. The summed E-state index contributed by atoms with van der Waals surface area (Å²) in [6, 6.07) is 0.197. The molecule has 142 valence electrons. The molecule has 25 heavy (non-hydrogen) atoms. The highest BCUT2D eigenvalue weighted by atomic mass is 19.4. The molecule has 6 nitrogen and oxygen atoms in total. The van der Waals surface area contributed by atoms with E-state index in [1.165, 1.54) is 0 Å². The highest BCUT2D eigenvalue weighted by molar-refractivity contribution is 5.78. The Morgan fingerprint density at radius 1 is 1.44 bits per heavy atom. The van der Waals surface area contributed by atoms with Crippen LogP contribution >= 0.6 is 0 Å². The third-order valence-corrected chi connectivity index (χ3v) is 4.52. The molecule has 0 unspecified atom stereocenters. The number of aromatic nitrogens is 2. The van der Waals surface area contributed by atoms with Crippen LogP contribution in [0.1, 0.15) is 24.4 Å². The van der Waals surface area contributed by atoms with Gasteiger partial charge in [0.1, 0.15) is 6.54 Å². The number of rotatable bonds is 6. The van der Waals surface area contributed by atoms with E-state index in [0.717, 1.165) is 24.9 Å². The molecule has 1 fully saturated rings. The number of alkyl halides is 3. The molecule has 0 spiro atoms. The fourth-order valence-electron chi connectivity index (χ4n) is 3.54. The maximum Gasteiger partial charge on any atom is 0.405 e. The van der Waals surface area contributed by atoms with E-state index in [4.69, 9.17) is 0 Å². The van der Waals surface area contributed by atoms with E-state index in [-0.39, 0.29) is 12.6 Å². The number of nitrogens with one attached hydrogen (secondary N) is 1. The van der Waals surface area contributed by atoms with Crippen molar-refractivity contribution >= 4 is 5.91 Å². The van der Waals surface area contributed by atoms with Crippen molar-refractivity contribution in [2.45, 2.75) is 25.1 Å². The molecule has 0 saturated carbocycles. The van der Waals surface area contributed by atoms with Crippen LogP contribution in [0, 0.1) is 5.92 Å². The molecule has 1 aromatic rings. The van der Waals surface area contributed by atoms with E-state index in [1.54, 1.807) is 16.6 Å². The van der Waals surface area contributed by atoms with Gasteiger partial charge < -0.3 is 5.32 Å². The summed E-state index contributed by atoms with van der Waals surface area (Å²) in [6.07, 6.45) is 1.54. The summed E-state index contributed by atoms with van der Waals surface area (Å²) in [5.41, 5.74) is 1.13. The molecular formula is C16H26F3N5O. The second kappa shape index (κ2) is 8.18. The van der Waals surface area contributed by atoms with E-state index >= 15 is 0 Å². The Hall–Kier alpha value is -1.61. The topological polar surface area (TPSA) is 53.4 Å². The summed E-state index contributed by atoms with van der Waals surface area (Å²) in [7, 11) is 5.71. The van der Waals surface area contributed by atoms with Crippen LogP contribution in [-0.2, 0) is 11.8 Å². The third kappa shape index (κ3) is 6.00. The van der Waals surface area contributed by atoms with E-state index in [9.17, 15) is 18.0 Å². The van der Waals surface area contributed by atoms with Crippen LogP contribution < -0.4 is 5.32 Å². The lowest BCUT2D eigenvalue weighted by atomic mass is 9.86. The summed E-state index contributed by atoms with van der Waals surface area (Å²) in [6.45, 7) is 0.301. The first-order valence-corrected chi connectivity index (χ1v) is 8.36. The molecule has 9 heteroatoms. The van der Waals surface area contributed by atoms with Crippen LogP contribution in [0.4, 0.5) is 13.2 Å². The largest absolute Gasteiger partial charge is 0.405 e. The van der Waals surface area contributed by atoms with Crippen LogP contribution in [0.25, 0.3) is 0 Å². The molecule has 0 aromatic carbocycles. The maximum absolute atomic E-state index is 12.2. The third-order valence-electron chi connectivity index (χ3n) is 4.52. The van der Waals surface area contributed by atoms with Gasteiger partial charge >= 0.3 is 6.18 Å². The fourth-order valence-corrected chi connectivity index (χ4v) is 3.54. The Balaban J connectivity index is 1.93. The van der Waals surface area contributed by atoms with Crippen LogP contribution in [-0.4, -0.2) is 71.9 Å². The van der Waals surface area contributed by atoms with E-state index in [2.05, 4.69) is 17.0 Å². The fraction of sp³-hybridized carbons (Fsp3) is 0.750. The molecule has 1 aliphatic heterocycles. The molecule has 2 rings (SSSR count). The van der Waals surface area contributed by atoms with Gasteiger partial charge in [-0.1, -0.05) is 0 Å². The van der Waals surface area contributed by atoms with Crippen LogP contribution in [0.15, 0.2) is 12.4 Å². The number of carbonyl (C=O) groups excluding carboxylic acids is 1. The quantitative estimate of drug-likeness (QED) is 0.833. The van der Waals surface area contributed by atoms with Crippen molar-refractivity contribution in [3.8, 4) is 0 Å². The average molecular weight is 361 g/mol. The van der Waals surface area contributed by atoms with Crippen LogP contribution in [0.5, 0.6) is 0 Å². The zero-order valence-corrected chi connectivity index (χ0v) is 14.9. The number of piperidine rings is 1. The van der Waals surface area contributed by atoms with Gasteiger partial charge in [-0.25, -0.2) is 0 Å². The van der Waals surface area contributed by atoms with E-state index in [0.29, 0.717) is 12.5 Å². The van der Waals surface area contributed by atoms with Gasteiger partial charge in [0.15, 0.2) is 0 Å². The lowest BCUT2D eigenvalue weighted by Crippen LogP contribution is -2.44. The second-order valence-corrected chi connectivity index (χ2v) is 6.86. The summed E-state index contributed by atoms with van der Waals surface area (Å²) < 4.78 is 38.3. The summed E-state index contributed by atoms with van der Waals surface area (Å²) in [4.78, 5) is 15.8. The van der Waals surface area contributed by atoms with Gasteiger partial charge in [0.25, 0.3) is 0 Å². The van der Waals surface area contributed by atoms with Gasteiger partial charge in [-0.3, -0.25) is 19.3 Å². The Morgan fingerprint density at radius 2 is 2.16 bits per heavy atom. The zero-order chi connectivity index (χ0) is 18.6. The van der Waals surface area contributed by atoms with Crippen molar-refractivity contribution in [3.05, 3.63) is 18.0 Å². The SMILES string of the molecule is CN(CC(=O)NCC(F)(F)F)C[C@@H]1CCCN(C)[C@H]1c1cnn(C)c1. The molecular weight excluding hydrogens is 335 g/mol. The van der Waals surface area contributed by atoms with Gasteiger partial charge in [0, 0.05) is 31.4 Å². The number of hydrogen-bond donors (Lipinski definition) is 1. The molecule has 0 aliphatic carbocycles. The lowest BCUT2D eigenvalue weighted by Gasteiger charge is -2.40. The van der Waals surface area contributed by atoms with E-state index < -0.39 is 18.6 Å². The summed E-state index contributed by atoms with van der Waals surface area (Å²) >= 11 is 0. The number of carbonyl (C=O) groups is 1. The first kappa shape index (κ1) is 19.7. The van der Waals surface area contributed by atoms with Crippen LogP contribution in [0.3, 0.4) is 0 Å². The number of aryl methyl sites for hydroxylation is 1. The van der Waals surface area contributed by atoms with Crippen molar-refractivity contribution in [2.75, 3.05) is 40.3 Å². The Kier molecular flexibility index (Phi) is 6.45. The summed E-state index contributed by atoms with van der Waals surface area (Å²) in [5.74, 6) is -0.315. The zero-order valence-electron chi connectivity index (χ0n) is 14.9. The lowest BCUT2D eigenvalue weighted by molar-refractivity contribution is -0.139. The molecule has 0 radical (unpaired) electrons. The number of likely N-dealkylation sites (tertiary alicyclic amines) is 1. The predicted octanol–water partition coefficient (Wildman–Crippen LogP) is 1.41. The van der Waals surface area contributed by atoms with Crippen molar-refractivity contribution in [1.82, 2.24) is 24.9 Å². The predicted molar refractivity (Wildman–Crippen MR) is 87.9 cm³/mol. The Morgan fingerprint density at radius 3 is 2.76 bits per heavy atom. The van der Waals surface area contributed by atoms with Gasteiger partial charge in [-0.15, -0.1) is 0 Å². The molecule has 1 aromatic heterocycles. The number of likely N-dealkylation sites (N-methyl/N-ethyl adjacent to an activating group) is 1. The first-order valence-electron chi connectivity index (χ1n) is 8.36. The molecule has 1 amide bonds. The van der Waals surface area contributed by atoms with Crippen molar-refractivity contribution in [2.24, 2.45) is 13.0 Å². The minimum atomic E-state index is -4.38. The van der Waals surface area contributed by atoms with Gasteiger partial charge in [-0.2, -0.15) is 18.3 Å². The molecule has 1 saturated heterocycles. The minimum Gasteiger partial charge on any atom is -0.346 e. The minimum absolute atomic E-state index is 0.0456. The van der Waals surface area contributed by atoms with Crippen molar-refractivity contribution in [1.29, 1.82) is 0 Å². The summed E-state index contributed by atoms with van der Waals surface area (Å²) in [5, 5.41) is 6.16. The molecule has 0 bridgehead atoms. The molecule has 2 atom stereocenters. The van der Waals surface area contributed by atoms with Crippen LogP contribution in [0.2, 0.25) is 0 Å². The monoisotopic (exact) mass is 361 g/mol. The molecule has 1 N–H and O–H groups in total.